The number of nitrogens with one attached hydrogen (secondary N) is 2. The number of unbranched alkanes of at least 4 members (excludes halogenated alkanes) is 1. The topological polar surface area (TPSA) is 136 Å². The molecule has 3 rings (SSSR count). The zero-order valence-electron chi connectivity index (χ0n) is 20.1. The fourth-order valence-corrected chi connectivity index (χ4v) is 3.79. The van der Waals surface area contributed by atoms with Crippen LogP contribution < -0.4 is 15.4 Å². The third kappa shape index (κ3) is 9.25. The van der Waals surface area contributed by atoms with Gasteiger partial charge in [-0.25, -0.2) is 0 Å². The number of hydrogen-bond donors (Lipinski definition) is 2. The number of nitrogens with zero attached hydrogens (tertiary/aromatic N) is 6. The molecule has 0 unspecified atom stereocenters. The van der Waals surface area contributed by atoms with Gasteiger partial charge in [-0.05, 0) is 37.5 Å². The number of aliphatic imine (C=N–C) groups is 1. The lowest BCUT2D eigenvalue weighted by Gasteiger charge is -2.10. The Hall–Kier alpha value is -3.88. The van der Waals surface area contributed by atoms with Crippen LogP contribution in [0.3, 0.4) is 0 Å². The second-order valence-electron chi connectivity index (χ2n) is 7.84. The Morgan fingerprint density at radius 3 is 2.70 bits per heavy atom. The first kappa shape index (κ1) is 27.7. The van der Waals surface area contributed by atoms with E-state index in [1.807, 2.05) is 6.92 Å². The summed E-state index contributed by atoms with van der Waals surface area (Å²) in [6.45, 7) is 2.68. The van der Waals surface area contributed by atoms with E-state index in [1.54, 1.807) is 13.1 Å². The minimum atomic E-state index is -4.79. The van der Waals surface area contributed by atoms with Crippen molar-refractivity contribution in [3.8, 4) is 5.75 Å². The summed E-state index contributed by atoms with van der Waals surface area (Å²) in [5, 5.41) is 22.1. The van der Waals surface area contributed by atoms with Crippen LogP contribution in [0.2, 0.25) is 0 Å². The Kier molecular flexibility index (Phi) is 9.65. The Bertz CT molecular complexity index is 1240. The van der Waals surface area contributed by atoms with Crippen molar-refractivity contribution in [2.24, 2.45) is 4.99 Å². The Balaban J connectivity index is 1.39. The molecule has 0 aliphatic rings. The van der Waals surface area contributed by atoms with Crippen LogP contribution in [0.4, 0.5) is 13.2 Å². The summed E-state index contributed by atoms with van der Waals surface area (Å²) in [5.74, 6) is -1.16. The van der Waals surface area contributed by atoms with Crippen molar-refractivity contribution in [1.82, 2.24) is 35.8 Å². The maximum atomic E-state index is 12.4. The molecule has 0 radical (unpaired) electrons. The molecular formula is C22H25F3N8O3S. The normalized spacial score (nSPS) is 11.9. The van der Waals surface area contributed by atoms with Crippen LogP contribution in [0.5, 0.6) is 5.75 Å². The zero-order chi connectivity index (χ0) is 26.8. The SMILES string of the molecule is C/N=C(\C)CNC(=O)c1nnc(CCCCn2cc(C(=O)NCc3cccc(OC(F)(F)F)c3)nn2)s1. The second-order valence-corrected chi connectivity index (χ2v) is 8.91. The third-order valence-electron chi connectivity index (χ3n) is 4.93. The van der Waals surface area contributed by atoms with Crippen LogP contribution in [0.15, 0.2) is 35.5 Å². The average Bonchev–Trinajstić information content (AvgIpc) is 3.53. The van der Waals surface area contributed by atoms with E-state index < -0.39 is 12.3 Å². The number of alkyl halides is 3. The first-order valence-electron chi connectivity index (χ1n) is 11.2. The lowest BCUT2D eigenvalue weighted by Crippen LogP contribution is -2.28. The molecule has 1 aromatic carbocycles. The maximum absolute atomic E-state index is 12.4. The standard InChI is InChI=1S/C22H25F3N8O3S/c1-14(26-2)11-27-20(35)21-31-30-18(37-21)8-3-4-9-33-13-17(29-32-33)19(34)28-12-15-6-5-7-16(10-15)36-22(23,24)25/h5-7,10,13H,3-4,8-9,11-12H2,1-2H3,(H,27,35)(H,28,34)/b26-14+. The van der Waals surface area contributed by atoms with Crippen LogP contribution >= 0.6 is 11.3 Å². The highest BCUT2D eigenvalue weighted by Gasteiger charge is 2.31. The van der Waals surface area contributed by atoms with Gasteiger partial charge in [0, 0.05) is 32.3 Å². The molecule has 0 atom stereocenters. The Morgan fingerprint density at radius 2 is 1.95 bits per heavy atom. The molecule has 0 saturated heterocycles. The smallest absolute Gasteiger partial charge is 0.406 e. The van der Waals surface area contributed by atoms with Crippen LogP contribution in [-0.2, 0) is 19.5 Å². The lowest BCUT2D eigenvalue weighted by molar-refractivity contribution is -0.274. The van der Waals surface area contributed by atoms with Crippen molar-refractivity contribution in [1.29, 1.82) is 0 Å². The van der Waals surface area contributed by atoms with Crippen molar-refractivity contribution in [3.63, 3.8) is 0 Å². The molecule has 0 aliphatic carbocycles. The first-order chi connectivity index (χ1) is 17.6. The molecule has 0 bridgehead atoms. The van der Waals surface area contributed by atoms with Gasteiger partial charge in [-0.3, -0.25) is 19.3 Å². The Labute approximate surface area is 214 Å². The average molecular weight is 539 g/mol. The number of ether oxygens (including phenoxy) is 1. The molecule has 0 fully saturated rings. The van der Waals surface area contributed by atoms with Crippen molar-refractivity contribution in [2.45, 2.75) is 45.6 Å². The molecule has 198 valence electrons. The van der Waals surface area contributed by atoms with Crippen molar-refractivity contribution in [3.05, 3.63) is 51.7 Å². The summed E-state index contributed by atoms with van der Waals surface area (Å²) in [4.78, 5) is 28.4. The number of hydrogen-bond acceptors (Lipinski definition) is 9. The van der Waals surface area contributed by atoms with Gasteiger partial charge in [0.2, 0.25) is 5.01 Å². The quantitative estimate of drug-likeness (QED) is 0.267. The fraction of sp³-hybridized carbons (Fsp3) is 0.409. The lowest BCUT2D eigenvalue weighted by atomic mass is 10.2. The summed E-state index contributed by atoms with van der Waals surface area (Å²) in [6.07, 6.45) is -1.17. The van der Waals surface area contributed by atoms with E-state index in [2.05, 4.69) is 40.9 Å². The molecule has 2 amide bonds. The molecule has 2 N–H and O–H groups in total. The first-order valence-corrected chi connectivity index (χ1v) is 12.0. The van der Waals surface area contributed by atoms with Crippen molar-refractivity contribution >= 4 is 28.9 Å². The number of carbonyl (C=O) groups is 2. The predicted molar refractivity (Wildman–Crippen MR) is 129 cm³/mol. The zero-order valence-corrected chi connectivity index (χ0v) is 20.9. The molecule has 0 saturated carbocycles. The van der Waals surface area contributed by atoms with Crippen molar-refractivity contribution in [2.75, 3.05) is 13.6 Å². The van der Waals surface area contributed by atoms with Crippen LogP contribution in [0.25, 0.3) is 0 Å². The molecule has 15 heteroatoms. The van der Waals surface area contributed by atoms with Gasteiger partial charge in [-0.1, -0.05) is 28.7 Å². The van der Waals surface area contributed by atoms with Crippen LogP contribution in [-0.4, -0.2) is 62.7 Å². The van der Waals surface area contributed by atoms with Gasteiger partial charge in [0.05, 0.1) is 12.7 Å². The largest absolute Gasteiger partial charge is 0.573 e. The number of carbonyl (C=O) groups excluding carboxylic acids is 2. The van der Waals surface area contributed by atoms with Gasteiger partial charge in [-0.2, -0.15) is 0 Å². The summed E-state index contributed by atoms with van der Waals surface area (Å²) >= 11 is 1.24. The van der Waals surface area contributed by atoms with Crippen molar-refractivity contribution < 1.29 is 27.5 Å². The predicted octanol–water partition coefficient (Wildman–Crippen LogP) is 2.80. The van der Waals surface area contributed by atoms with Gasteiger partial charge in [0.15, 0.2) is 5.69 Å². The van der Waals surface area contributed by atoms with E-state index >= 15 is 0 Å². The molecule has 2 aromatic heterocycles. The summed E-state index contributed by atoms with van der Waals surface area (Å²) in [6, 6.07) is 5.34. The summed E-state index contributed by atoms with van der Waals surface area (Å²) < 4.78 is 42.5. The minimum absolute atomic E-state index is 0.00554. The van der Waals surface area contributed by atoms with Gasteiger partial charge in [-0.15, -0.1) is 28.5 Å². The van der Waals surface area contributed by atoms with Gasteiger partial charge < -0.3 is 15.4 Å². The maximum Gasteiger partial charge on any atom is 0.573 e. The summed E-state index contributed by atoms with van der Waals surface area (Å²) in [7, 11) is 1.66. The van der Waals surface area contributed by atoms with Gasteiger partial charge >= 0.3 is 6.36 Å². The molecule has 37 heavy (non-hydrogen) atoms. The number of amides is 2. The van der Waals surface area contributed by atoms with E-state index in [1.165, 1.54) is 40.4 Å². The fourth-order valence-electron chi connectivity index (χ4n) is 3.00. The van der Waals surface area contributed by atoms with E-state index in [0.29, 0.717) is 30.1 Å². The van der Waals surface area contributed by atoms with E-state index in [9.17, 15) is 22.8 Å². The summed E-state index contributed by atoms with van der Waals surface area (Å²) in [5.41, 5.74) is 1.33. The number of rotatable bonds is 12. The van der Waals surface area contributed by atoms with E-state index in [4.69, 9.17) is 0 Å². The highest BCUT2D eigenvalue weighted by Crippen LogP contribution is 2.23. The second kappa shape index (κ2) is 12.9. The number of benzene rings is 1. The van der Waals surface area contributed by atoms with E-state index in [-0.39, 0.29) is 23.9 Å². The monoisotopic (exact) mass is 538 g/mol. The molecular weight excluding hydrogens is 513 g/mol. The highest BCUT2D eigenvalue weighted by atomic mass is 32.1. The third-order valence-corrected chi connectivity index (χ3v) is 5.91. The highest BCUT2D eigenvalue weighted by molar-refractivity contribution is 7.13. The molecule has 2 heterocycles. The number of aromatic nitrogens is 5. The van der Waals surface area contributed by atoms with Crippen LogP contribution in [0, 0.1) is 0 Å². The molecule has 0 aliphatic heterocycles. The Morgan fingerprint density at radius 1 is 1.14 bits per heavy atom. The molecule has 0 spiro atoms. The van der Waals surface area contributed by atoms with Gasteiger partial charge in [0.1, 0.15) is 10.8 Å². The molecule has 3 aromatic rings. The minimum Gasteiger partial charge on any atom is -0.406 e. The number of aryl methyl sites for hydroxylation is 2. The number of halogens is 3. The molecule has 11 nitrogen and oxygen atoms in total. The van der Waals surface area contributed by atoms with E-state index in [0.717, 1.165) is 23.6 Å². The van der Waals surface area contributed by atoms with Crippen LogP contribution in [0.1, 0.15) is 50.6 Å². The van der Waals surface area contributed by atoms with Gasteiger partial charge in [0.25, 0.3) is 11.8 Å².